The van der Waals surface area contributed by atoms with E-state index in [1.807, 2.05) is 13.8 Å². The predicted octanol–water partition coefficient (Wildman–Crippen LogP) is 0.622. The topological polar surface area (TPSA) is 108 Å². The average Bonchev–Trinajstić information content (AvgIpc) is 2.50. The minimum Gasteiger partial charge on any atom is -0.484 e. The van der Waals surface area contributed by atoms with E-state index in [0.717, 1.165) is 6.42 Å². The van der Waals surface area contributed by atoms with Crippen molar-refractivity contribution in [2.75, 3.05) is 13.2 Å². The van der Waals surface area contributed by atoms with Crippen LogP contribution in [0.1, 0.15) is 30.6 Å². The molecule has 22 heavy (non-hydrogen) atoms. The number of carbonyl (C=O) groups is 3. The summed E-state index contributed by atoms with van der Waals surface area (Å²) in [5.74, 6) is -1.13. The molecule has 7 heteroatoms. The fourth-order valence-electron chi connectivity index (χ4n) is 1.47. The van der Waals surface area contributed by atoms with E-state index in [0.29, 0.717) is 5.75 Å². The van der Waals surface area contributed by atoms with Gasteiger partial charge >= 0.3 is 5.97 Å². The Bertz CT molecular complexity index is 527. The first-order valence-corrected chi connectivity index (χ1v) is 6.90. The van der Waals surface area contributed by atoms with Crippen LogP contribution in [-0.2, 0) is 14.3 Å². The number of hydrogen-bond donors (Lipinski definition) is 2. The third-order valence-electron chi connectivity index (χ3n) is 2.83. The second kappa shape index (κ2) is 8.66. The van der Waals surface area contributed by atoms with Crippen LogP contribution in [0.3, 0.4) is 0 Å². The van der Waals surface area contributed by atoms with Crippen LogP contribution in [0.15, 0.2) is 24.3 Å². The molecule has 0 fully saturated rings. The first-order valence-electron chi connectivity index (χ1n) is 6.90. The Hall–Kier alpha value is -2.57. The standard InChI is InChI=1S/C15H20N2O5/c1-3-10(2)17-14(19)9-22-15(20)11-4-6-12(7-5-11)21-8-13(16)18/h4-7,10H,3,8-9H2,1-2H3,(H2,16,18)(H,17,19). The van der Waals surface area contributed by atoms with Crippen molar-refractivity contribution in [3.8, 4) is 5.75 Å². The van der Waals surface area contributed by atoms with E-state index in [4.69, 9.17) is 15.2 Å². The average molecular weight is 308 g/mol. The molecule has 0 spiro atoms. The molecule has 0 aromatic heterocycles. The summed E-state index contributed by atoms with van der Waals surface area (Å²) in [5.41, 5.74) is 5.24. The van der Waals surface area contributed by atoms with Crippen LogP contribution in [0.2, 0.25) is 0 Å². The van der Waals surface area contributed by atoms with Crippen molar-refractivity contribution < 1.29 is 23.9 Å². The molecule has 1 aromatic carbocycles. The SMILES string of the molecule is CCC(C)NC(=O)COC(=O)c1ccc(OCC(N)=O)cc1. The Morgan fingerprint density at radius 2 is 1.82 bits per heavy atom. The van der Waals surface area contributed by atoms with E-state index < -0.39 is 11.9 Å². The van der Waals surface area contributed by atoms with Gasteiger partial charge in [0.15, 0.2) is 13.2 Å². The first kappa shape index (κ1) is 17.5. The van der Waals surface area contributed by atoms with E-state index in [9.17, 15) is 14.4 Å². The minimum absolute atomic E-state index is 0.0351. The van der Waals surface area contributed by atoms with Crippen molar-refractivity contribution in [1.82, 2.24) is 5.32 Å². The van der Waals surface area contributed by atoms with Crippen molar-refractivity contribution >= 4 is 17.8 Å². The third-order valence-corrected chi connectivity index (χ3v) is 2.83. The summed E-state index contributed by atoms with van der Waals surface area (Å²) >= 11 is 0. The number of amides is 2. The van der Waals surface area contributed by atoms with Crippen molar-refractivity contribution in [2.45, 2.75) is 26.3 Å². The smallest absolute Gasteiger partial charge is 0.338 e. The maximum atomic E-state index is 11.8. The van der Waals surface area contributed by atoms with E-state index in [1.165, 1.54) is 24.3 Å². The van der Waals surface area contributed by atoms with Crippen LogP contribution in [0.5, 0.6) is 5.75 Å². The van der Waals surface area contributed by atoms with Crippen LogP contribution in [-0.4, -0.2) is 37.0 Å². The highest BCUT2D eigenvalue weighted by Crippen LogP contribution is 2.12. The number of carbonyl (C=O) groups excluding carboxylic acids is 3. The van der Waals surface area contributed by atoms with Crippen molar-refractivity contribution in [3.05, 3.63) is 29.8 Å². The quantitative estimate of drug-likeness (QED) is 0.685. The molecule has 0 heterocycles. The number of hydrogen-bond acceptors (Lipinski definition) is 5. The lowest BCUT2D eigenvalue weighted by Crippen LogP contribution is -2.35. The fraction of sp³-hybridized carbons (Fsp3) is 0.400. The number of nitrogens with two attached hydrogens (primary N) is 1. The number of benzene rings is 1. The number of esters is 1. The van der Waals surface area contributed by atoms with E-state index in [-0.39, 0.29) is 30.7 Å². The summed E-state index contributed by atoms with van der Waals surface area (Å²) in [6.07, 6.45) is 0.798. The minimum atomic E-state index is -0.610. The van der Waals surface area contributed by atoms with Gasteiger partial charge in [0.05, 0.1) is 5.56 Å². The molecule has 0 bridgehead atoms. The summed E-state index contributed by atoms with van der Waals surface area (Å²) in [4.78, 5) is 33.8. The van der Waals surface area contributed by atoms with E-state index >= 15 is 0 Å². The molecule has 7 nitrogen and oxygen atoms in total. The normalized spacial score (nSPS) is 11.4. The number of rotatable bonds is 8. The predicted molar refractivity (Wildman–Crippen MR) is 79.3 cm³/mol. The largest absolute Gasteiger partial charge is 0.484 e. The van der Waals surface area contributed by atoms with E-state index in [1.54, 1.807) is 0 Å². The Labute approximate surface area is 128 Å². The van der Waals surface area contributed by atoms with Gasteiger partial charge in [0, 0.05) is 6.04 Å². The van der Waals surface area contributed by atoms with Crippen molar-refractivity contribution in [1.29, 1.82) is 0 Å². The molecule has 0 aliphatic heterocycles. The van der Waals surface area contributed by atoms with Gasteiger partial charge in [0.25, 0.3) is 11.8 Å². The van der Waals surface area contributed by atoms with Gasteiger partial charge in [-0.1, -0.05) is 6.92 Å². The summed E-state index contributed by atoms with van der Waals surface area (Å²) in [7, 11) is 0. The lowest BCUT2D eigenvalue weighted by Gasteiger charge is -2.11. The lowest BCUT2D eigenvalue weighted by molar-refractivity contribution is -0.124. The lowest BCUT2D eigenvalue weighted by atomic mass is 10.2. The molecule has 0 aliphatic rings. The van der Waals surface area contributed by atoms with Gasteiger partial charge in [-0.2, -0.15) is 0 Å². The molecule has 0 saturated carbocycles. The molecule has 2 amide bonds. The maximum Gasteiger partial charge on any atom is 0.338 e. The van der Waals surface area contributed by atoms with Crippen LogP contribution in [0, 0.1) is 0 Å². The number of ether oxygens (including phenoxy) is 2. The van der Waals surface area contributed by atoms with Crippen LogP contribution in [0.25, 0.3) is 0 Å². The zero-order chi connectivity index (χ0) is 16.5. The zero-order valence-corrected chi connectivity index (χ0v) is 12.6. The zero-order valence-electron chi connectivity index (χ0n) is 12.6. The highest BCUT2D eigenvalue weighted by atomic mass is 16.5. The van der Waals surface area contributed by atoms with Gasteiger partial charge in [-0.05, 0) is 37.6 Å². The molecule has 0 radical (unpaired) electrons. The summed E-state index contributed by atoms with van der Waals surface area (Å²) in [5, 5.41) is 2.69. The summed E-state index contributed by atoms with van der Waals surface area (Å²) in [6.45, 7) is 3.24. The molecular weight excluding hydrogens is 288 g/mol. The molecule has 0 saturated heterocycles. The van der Waals surface area contributed by atoms with Crippen LogP contribution >= 0.6 is 0 Å². The Morgan fingerprint density at radius 3 is 2.36 bits per heavy atom. The van der Waals surface area contributed by atoms with Gasteiger partial charge in [0.2, 0.25) is 0 Å². The highest BCUT2D eigenvalue weighted by Gasteiger charge is 2.11. The van der Waals surface area contributed by atoms with Gasteiger partial charge in [-0.15, -0.1) is 0 Å². The van der Waals surface area contributed by atoms with Crippen molar-refractivity contribution in [2.24, 2.45) is 5.73 Å². The van der Waals surface area contributed by atoms with Gasteiger partial charge < -0.3 is 20.5 Å². The Balaban J connectivity index is 2.45. The molecule has 0 aliphatic carbocycles. The van der Waals surface area contributed by atoms with Crippen LogP contribution < -0.4 is 15.8 Å². The maximum absolute atomic E-state index is 11.8. The molecule has 1 atom stereocenters. The monoisotopic (exact) mass is 308 g/mol. The molecule has 1 aromatic rings. The molecule has 3 N–H and O–H groups in total. The van der Waals surface area contributed by atoms with Crippen LogP contribution in [0.4, 0.5) is 0 Å². The molecular formula is C15H20N2O5. The van der Waals surface area contributed by atoms with Gasteiger partial charge in [0.1, 0.15) is 5.75 Å². The Morgan fingerprint density at radius 1 is 1.18 bits per heavy atom. The fourth-order valence-corrected chi connectivity index (χ4v) is 1.47. The molecule has 120 valence electrons. The number of nitrogens with one attached hydrogen (secondary N) is 1. The number of primary amides is 1. The highest BCUT2D eigenvalue weighted by molar-refractivity contribution is 5.91. The Kier molecular flexibility index (Phi) is 6.88. The second-order valence-corrected chi connectivity index (χ2v) is 4.73. The first-order chi connectivity index (χ1) is 10.4. The van der Waals surface area contributed by atoms with Crippen molar-refractivity contribution in [3.63, 3.8) is 0 Å². The summed E-state index contributed by atoms with van der Waals surface area (Å²) < 4.78 is 9.97. The van der Waals surface area contributed by atoms with Gasteiger partial charge in [-0.3, -0.25) is 9.59 Å². The second-order valence-electron chi connectivity index (χ2n) is 4.73. The van der Waals surface area contributed by atoms with E-state index in [2.05, 4.69) is 5.32 Å². The summed E-state index contributed by atoms with van der Waals surface area (Å²) in [6, 6.07) is 6.02. The third kappa shape index (κ3) is 6.25. The molecule has 1 unspecified atom stereocenters. The van der Waals surface area contributed by atoms with Gasteiger partial charge in [-0.25, -0.2) is 4.79 Å². The molecule has 1 rings (SSSR count).